The number of aryl methyl sites for hydroxylation is 2. The molecule has 2 heterocycles. The van der Waals surface area contributed by atoms with Crippen molar-refractivity contribution in [3.8, 4) is 0 Å². The predicted octanol–water partition coefficient (Wildman–Crippen LogP) is 0.469. The van der Waals surface area contributed by atoms with Crippen molar-refractivity contribution in [1.29, 1.82) is 0 Å². The standard InChI is InChI=1S/C7H7N4.Y/c1-5-8-3-6-7(10-5)11(2)4-9-6;/h4H,1-2H3;/q-1;+3. The van der Waals surface area contributed by atoms with E-state index >= 15 is 0 Å². The molecule has 12 heavy (non-hydrogen) atoms. The Balaban J connectivity index is 0.000000720. The van der Waals surface area contributed by atoms with E-state index in [0.29, 0.717) is 0 Å². The van der Waals surface area contributed by atoms with Gasteiger partial charge in [-0.15, -0.1) is 0 Å². The average Bonchev–Trinajstić information content (AvgIpc) is 2.33. The van der Waals surface area contributed by atoms with Crippen LogP contribution in [0, 0.1) is 13.1 Å². The van der Waals surface area contributed by atoms with Crippen molar-refractivity contribution in [3.63, 3.8) is 0 Å². The smallest absolute Gasteiger partial charge is 0.372 e. The van der Waals surface area contributed by atoms with Gasteiger partial charge < -0.3 is 14.5 Å². The predicted molar refractivity (Wildman–Crippen MR) is 39.9 cm³/mol. The van der Waals surface area contributed by atoms with Crippen LogP contribution in [0.4, 0.5) is 0 Å². The maximum Gasteiger partial charge on any atom is 3.00 e. The van der Waals surface area contributed by atoms with E-state index in [4.69, 9.17) is 0 Å². The van der Waals surface area contributed by atoms with Crippen LogP contribution in [-0.2, 0) is 39.8 Å². The van der Waals surface area contributed by atoms with Gasteiger partial charge >= 0.3 is 32.7 Å². The summed E-state index contributed by atoms with van der Waals surface area (Å²) in [4.78, 5) is 12.1. The average molecular weight is 236 g/mol. The summed E-state index contributed by atoms with van der Waals surface area (Å²) >= 11 is 0. The van der Waals surface area contributed by atoms with Gasteiger partial charge in [0.05, 0.1) is 6.33 Å². The molecule has 2 rings (SSSR count). The quantitative estimate of drug-likeness (QED) is 0.624. The summed E-state index contributed by atoms with van der Waals surface area (Å²) in [5, 5.41) is 0. The maximum absolute atomic E-state index is 4.19. The number of fused-ring (bicyclic) bond motifs is 1. The molecule has 0 spiro atoms. The van der Waals surface area contributed by atoms with E-state index in [1.165, 1.54) is 0 Å². The fraction of sp³-hybridized carbons (Fsp3) is 0.286. The second-order valence-electron chi connectivity index (χ2n) is 2.41. The molecule has 0 saturated heterocycles. The van der Waals surface area contributed by atoms with Gasteiger partial charge in [-0.05, 0) is 6.20 Å². The van der Waals surface area contributed by atoms with E-state index in [2.05, 4.69) is 21.1 Å². The van der Waals surface area contributed by atoms with Crippen LogP contribution in [0.5, 0.6) is 0 Å². The van der Waals surface area contributed by atoms with Crippen molar-refractivity contribution >= 4 is 11.2 Å². The Kier molecular flexibility index (Phi) is 2.91. The van der Waals surface area contributed by atoms with Gasteiger partial charge in [0.1, 0.15) is 0 Å². The summed E-state index contributed by atoms with van der Waals surface area (Å²) in [6, 6.07) is 0. The molecule has 0 atom stereocenters. The molecular weight excluding hydrogens is 229 g/mol. The molecule has 0 aliphatic rings. The summed E-state index contributed by atoms with van der Waals surface area (Å²) in [5.74, 6) is 0.723. The largest absolute Gasteiger partial charge is 3.00 e. The zero-order chi connectivity index (χ0) is 7.84. The first-order valence-corrected chi connectivity index (χ1v) is 3.31. The maximum atomic E-state index is 4.19. The van der Waals surface area contributed by atoms with Gasteiger partial charge in [0.15, 0.2) is 0 Å². The van der Waals surface area contributed by atoms with Gasteiger partial charge in [0, 0.05) is 24.0 Å². The molecule has 0 aliphatic carbocycles. The Morgan fingerprint density at radius 1 is 1.50 bits per heavy atom. The van der Waals surface area contributed by atoms with E-state index in [9.17, 15) is 0 Å². The fourth-order valence-electron chi connectivity index (χ4n) is 0.947. The van der Waals surface area contributed by atoms with E-state index in [1.807, 2.05) is 18.5 Å². The second kappa shape index (κ2) is 3.58. The molecular formula is C7H7N4Y+2. The minimum Gasteiger partial charge on any atom is -0.372 e. The molecule has 0 N–H and O–H groups in total. The Bertz CT molecular complexity index is 395. The Morgan fingerprint density at radius 2 is 2.25 bits per heavy atom. The molecule has 0 aromatic carbocycles. The molecule has 5 heteroatoms. The van der Waals surface area contributed by atoms with Crippen LogP contribution in [-0.4, -0.2) is 19.5 Å². The Hall–Kier alpha value is -0.346. The molecule has 4 nitrogen and oxygen atoms in total. The monoisotopic (exact) mass is 236 g/mol. The van der Waals surface area contributed by atoms with Gasteiger partial charge in [0.2, 0.25) is 0 Å². The summed E-state index contributed by atoms with van der Waals surface area (Å²) in [7, 11) is 1.90. The molecule has 0 bridgehead atoms. The molecule has 0 radical (unpaired) electrons. The molecule has 0 aliphatic heterocycles. The molecule has 0 unspecified atom stereocenters. The van der Waals surface area contributed by atoms with Crippen LogP contribution in [0.1, 0.15) is 5.82 Å². The van der Waals surface area contributed by atoms with Gasteiger partial charge in [-0.25, -0.2) is 0 Å². The fourth-order valence-corrected chi connectivity index (χ4v) is 0.947. The summed E-state index contributed by atoms with van der Waals surface area (Å²) in [6.07, 6.45) is 4.50. The van der Waals surface area contributed by atoms with Crippen molar-refractivity contribution in [1.82, 2.24) is 19.5 Å². The van der Waals surface area contributed by atoms with Crippen LogP contribution in [0.25, 0.3) is 11.2 Å². The van der Waals surface area contributed by atoms with Crippen LogP contribution in [0.2, 0.25) is 0 Å². The minimum atomic E-state index is 0. The Morgan fingerprint density at radius 3 is 3.00 bits per heavy atom. The van der Waals surface area contributed by atoms with Gasteiger partial charge in [-0.3, -0.25) is 4.98 Å². The number of hydrogen-bond donors (Lipinski definition) is 0. The molecule has 2 aromatic heterocycles. The number of hydrogen-bond acceptors (Lipinski definition) is 3. The van der Waals surface area contributed by atoms with Crippen molar-refractivity contribution in [2.45, 2.75) is 6.92 Å². The van der Waals surface area contributed by atoms with E-state index < -0.39 is 0 Å². The topological polar surface area (TPSA) is 43.6 Å². The first-order valence-electron chi connectivity index (χ1n) is 3.31. The Labute approximate surface area is 95.3 Å². The van der Waals surface area contributed by atoms with Crippen LogP contribution >= 0.6 is 0 Å². The molecule has 0 amide bonds. The SMILES string of the molecule is Cc1n[c-]c2ncn(C)c2n1.[Y+3]. The molecule has 2 aromatic rings. The van der Waals surface area contributed by atoms with Crippen molar-refractivity contribution < 1.29 is 32.7 Å². The third kappa shape index (κ3) is 1.54. The van der Waals surface area contributed by atoms with E-state index in [1.54, 1.807) is 6.33 Å². The number of imidazole rings is 1. The third-order valence-corrected chi connectivity index (χ3v) is 1.50. The zero-order valence-electron chi connectivity index (χ0n) is 6.94. The van der Waals surface area contributed by atoms with Gasteiger partial charge in [0.25, 0.3) is 0 Å². The van der Waals surface area contributed by atoms with Crippen LogP contribution < -0.4 is 0 Å². The number of rotatable bonds is 0. The van der Waals surface area contributed by atoms with E-state index in [-0.39, 0.29) is 32.7 Å². The second-order valence-corrected chi connectivity index (χ2v) is 2.41. The molecule has 56 valence electrons. The minimum absolute atomic E-state index is 0. The molecule has 0 saturated carbocycles. The zero-order valence-corrected chi connectivity index (χ0v) is 9.78. The first kappa shape index (κ1) is 9.74. The summed E-state index contributed by atoms with van der Waals surface area (Å²) in [6.45, 7) is 1.84. The normalized spacial score (nSPS) is 9.83. The van der Waals surface area contributed by atoms with Crippen molar-refractivity contribution in [2.24, 2.45) is 7.05 Å². The summed E-state index contributed by atoms with van der Waals surface area (Å²) < 4.78 is 1.85. The van der Waals surface area contributed by atoms with Crippen LogP contribution in [0.3, 0.4) is 0 Å². The number of aromatic nitrogens is 4. The van der Waals surface area contributed by atoms with Crippen LogP contribution in [0.15, 0.2) is 6.33 Å². The van der Waals surface area contributed by atoms with E-state index in [0.717, 1.165) is 17.0 Å². The first-order chi connectivity index (χ1) is 5.27. The van der Waals surface area contributed by atoms with Crippen molar-refractivity contribution in [3.05, 3.63) is 18.3 Å². The summed E-state index contributed by atoms with van der Waals surface area (Å²) in [5.41, 5.74) is 1.55. The third-order valence-electron chi connectivity index (χ3n) is 1.50. The van der Waals surface area contributed by atoms with Crippen molar-refractivity contribution in [2.75, 3.05) is 0 Å². The van der Waals surface area contributed by atoms with Gasteiger partial charge in [-0.1, -0.05) is 6.92 Å². The molecule has 0 fully saturated rings. The number of nitrogens with zero attached hydrogens (tertiary/aromatic N) is 4. The van der Waals surface area contributed by atoms with Gasteiger partial charge in [-0.2, -0.15) is 0 Å².